The molecule has 170 valence electrons. The lowest BCUT2D eigenvalue weighted by atomic mass is 9.97. The van der Waals surface area contributed by atoms with Crippen LogP contribution in [0.15, 0.2) is 71.6 Å². The molecule has 0 aliphatic carbocycles. The number of rotatable bonds is 6. The topological polar surface area (TPSA) is 67.2 Å². The standard InChI is InChI=1S/C24H20F3N3O2S/c1-14-15(2)33-23(30-22(31)19-9-5-11-32-19)20(14)21(16-6-4-10-28-13-16)29-18-8-3-7-17(12-18)24(25,26)27/h3-13,21,29H,1-2H3,(H,30,31)/t21-/m1/s1. The summed E-state index contributed by atoms with van der Waals surface area (Å²) in [4.78, 5) is 17.8. The molecule has 0 spiro atoms. The van der Waals surface area contributed by atoms with Gasteiger partial charge in [-0.25, -0.2) is 0 Å². The summed E-state index contributed by atoms with van der Waals surface area (Å²) < 4.78 is 45.0. The molecule has 3 aromatic heterocycles. The van der Waals surface area contributed by atoms with E-state index in [4.69, 9.17) is 4.42 Å². The zero-order chi connectivity index (χ0) is 23.6. The molecular formula is C24H20F3N3O2S. The van der Waals surface area contributed by atoms with Gasteiger partial charge in [-0.1, -0.05) is 12.1 Å². The minimum Gasteiger partial charge on any atom is -0.459 e. The first-order chi connectivity index (χ1) is 15.7. The number of nitrogens with one attached hydrogen (secondary N) is 2. The number of anilines is 2. The summed E-state index contributed by atoms with van der Waals surface area (Å²) in [5.74, 6) is -0.250. The average Bonchev–Trinajstić information content (AvgIpc) is 3.42. The van der Waals surface area contributed by atoms with E-state index in [0.717, 1.165) is 33.7 Å². The Balaban J connectivity index is 1.77. The van der Waals surface area contributed by atoms with Crippen LogP contribution in [-0.4, -0.2) is 10.9 Å². The largest absolute Gasteiger partial charge is 0.459 e. The SMILES string of the molecule is Cc1sc(NC(=O)c2ccco2)c([C@H](Nc2cccc(C(F)(F)F)c2)c2cccnc2)c1C. The number of aryl methyl sites for hydroxylation is 1. The number of carbonyl (C=O) groups is 1. The fourth-order valence-electron chi connectivity index (χ4n) is 3.48. The maximum atomic E-state index is 13.3. The van der Waals surface area contributed by atoms with Crippen LogP contribution in [0.3, 0.4) is 0 Å². The number of nitrogens with zero attached hydrogens (tertiary/aromatic N) is 1. The molecule has 2 N–H and O–H groups in total. The summed E-state index contributed by atoms with van der Waals surface area (Å²) >= 11 is 1.39. The molecule has 0 bridgehead atoms. The summed E-state index contributed by atoms with van der Waals surface area (Å²) in [5.41, 5.74) is 1.96. The molecule has 0 saturated heterocycles. The van der Waals surface area contributed by atoms with E-state index in [1.807, 2.05) is 19.9 Å². The molecule has 1 aromatic carbocycles. The van der Waals surface area contributed by atoms with Crippen LogP contribution in [0, 0.1) is 13.8 Å². The first-order valence-electron chi connectivity index (χ1n) is 10.0. The number of thiophene rings is 1. The number of carbonyl (C=O) groups excluding carboxylic acids is 1. The van der Waals surface area contributed by atoms with Gasteiger partial charge in [0.1, 0.15) is 5.00 Å². The van der Waals surface area contributed by atoms with Gasteiger partial charge in [0.25, 0.3) is 5.91 Å². The number of pyridine rings is 1. The number of alkyl halides is 3. The summed E-state index contributed by atoms with van der Waals surface area (Å²) in [5, 5.41) is 6.69. The first-order valence-corrected chi connectivity index (χ1v) is 10.8. The van der Waals surface area contributed by atoms with Gasteiger partial charge in [-0.2, -0.15) is 13.2 Å². The second kappa shape index (κ2) is 9.11. The Morgan fingerprint density at radius 2 is 1.94 bits per heavy atom. The molecule has 0 fully saturated rings. The number of amides is 1. The molecule has 5 nitrogen and oxygen atoms in total. The van der Waals surface area contributed by atoms with Crippen molar-refractivity contribution in [3.63, 3.8) is 0 Å². The Hall–Kier alpha value is -3.59. The van der Waals surface area contributed by atoms with Crippen molar-refractivity contribution in [1.29, 1.82) is 0 Å². The average molecular weight is 472 g/mol. The number of aromatic nitrogens is 1. The predicted molar refractivity (Wildman–Crippen MR) is 122 cm³/mol. The molecule has 0 aliphatic heterocycles. The monoisotopic (exact) mass is 471 g/mol. The fraction of sp³-hybridized carbons (Fsp3) is 0.167. The number of benzene rings is 1. The molecule has 3 heterocycles. The van der Waals surface area contributed by atoms with Crippen molar-refractivity contribution in [3.05, 3.63) is 100 Å². The summed E-state index contributed by atoms with van der Waals surface area (Å²) in [7, 11) is 0. The Labute approximate surface area is 192 Å². The van der Waals surface area contributed by atoms with E-state index in [1.165, 1.54) is 23.7 Å². The van der Waals surface area contributed by atoms with Gasteiger partial charge in [0.2, 0.25) is 0 Å². The predicted octanol–water partition coefficient (Wildman–Crippen LogP) is 6.83. The second-order valence-corrected chi connectivity index (χ2v) is 8.62. The molecule has 0 aliphatic rings. The second-order valence-electron chi connectivity index (χ2n) is 7.40. The highest BCUT2D eigenvalue weighted by atomic mass is 32.1. The van der Waals surface area contributed by atoms with Crippen LogP contribution in [0.5, 0.6) is 0 Å². The van der Waals surface area contributed by atoms with E-state index in [-0.39, 0.29) is 5.76 Å². The zero-order valence-corrected chi connectivity index (χ0v) is 18.6. The van der Waals surface area contributed by atoms with Gasteiger partial charge < -0.3 is 15.1 Å². The third-order valence-corrected chi connectivity index (χ3v) is 6.35. The fourth-order valence-corrected chi connectivity index (χ4v) is 4.57. The van der Waals surface area contributed by atoms with Crippen LogP contribution in [-0.2, 0) is 6.18 Å². The maximum Gasteiger partial charge on any atom is 0.416 e. The molecule has 1 amide bonds. The van der Waals surface area contributed by atoms with Gasteiger partial charge in [-0.3, -0.25) is 9.78 Å². The van der Waals surface area contributed by atoms with Gasteiger partial charge >= 0.3 is 6.18 Å². The van der Waals surface area contributed by atoms with Crippen LogP contribution >= 0.6 is 11.3 Å². The summed E-state index contributed by atoms with van der Waals surface area (Å²) in [6, 6.07) is 11.2. The Morgan fingerprint density at radius 3 is 2.61 bits per heavy atom. The normalized spacial score (nSPS) is 12.4. The maximum absolute atomic E-state index is 13.3. The van der Waals surface area contributed by atoms with Crippen molar-refractivity contribution in [2.75, 3.05) is 10.6 Å². The number of furan rings is 1. The van der Waals surface area contributed by atoms with Gasteiger partial charge in [-0.15, -0.1) is 11.3 Å². The molecule has 0 unspecified atom stereocenters. The quantitative estimate of drug-likeness (QED) is 0.324. The van der Waals surface area contributed by atoms with Crippen molar-refractivity contribution in [2.24, 2.45) is 0 Å². The van der Waals surface area contributed by atoms with Gasteiger partial charge in [0.05, 0.1) is 17.9 Å². The Bertz CT molecular complexity index is 1250. The molecule has 4 rings (SSSR count). The van der Waals surface area contributed by atoms with Crippen molar-refractivity contribution >= 4 is 27.9 Å². The van der Waals surface area contributed by atoms with Crippen LogP contribution in [0.1, 0.15) is 43.7 Å². The van der Waals surface area contributed by atoms with E-state index < -0.39 is 23.7 Å². The highest BCUT2D eigenvalue weighted by Gasteiger charge is 2.31. The lowest BCUT2D eigenvalue weighted by molar-refractivity contribution is -0.137. The van der Waals surface area contributed by atoms with Crippen LogP contribution < -0.4 is 10.6 Å². The molecular weight excluding hydrogens is 451 g/mol. The molecule has 1 atom stereocenters. The third-order valence-electron chi connectivity index (χ3n) is 5.21. The highest BCUT2D eigenvalue weighted by molar-refractivity contribution is 7.16. The van der Waals surface area contributed by atoms with E-state index in [0.29, 0.717) is 10.7 Å². The van der Waals surface area contributed by atoms with E-state index >= 15 is 0 Å². The molecule has 0 saturated carbocycles. The lowest BCUT2D eigenvalue weighted by Crippen LogP contribution is -2.17. The highest BCUT2D eigenvalue weighted by Crippen LogP contribution is 2.41. The molecule has 9 heteroatoms. The smallest absolute Gasteiger partial charge is 0.416 e. The first kappa shape index (κ1) is 22.6. The van der Waals surface area contributed by atoms with E-state index in [2.05, 4.69) is 15.6 Å². The van der Waals surface area contributed by atoms with Crippen molar-refractivity contribution < 1.29 is 22.4 Å². The van der Waals surface area contributed by atoms with Crippen LogP contribution in [0.25, 0.3) is 0 Å². The van der Waals surface area contributed by atoms with Crippen molar-refractivity contribution in [1.82, 2.24) is 4.98 Å². The number of hydrogen-bond donors (Lipinski definition) is 2. The van der Waals surface area contributed by atoms with Crippen molar-refractivity contribution in [3.8, 4) is 0 Å². The Kier molecular flexibility index (Phi) is 6.24. The Morgan fingerprint density at radius 1 is 1.12 bits per heavy atom. The van der Waals surface area contributed by atoms with Gasteiger partial charge in [0.15, 0.2) is 5.76 Å². The number of halogens is 3. The minimum atomic E-state index is -4.46. The van der Waals surface area contributed by atoms with Crippen LogP contribution in [0.4, 0.5) is 23.9 Å². The van der Waals surface area contributed by atoms with Gasteiger partial charge in [0, 0.05) is 28.5 Å². The third kappa shape index (κ3) is 4.93. The van der Waals surface area contributed by atoms with Crippen molar-refractivity contribution in [2.45, 2.75) is 26.1 Å². The minimum absolute atomic E-state index is 0.161. The lowest BCUT2D eigenvalue weighted by Gasteiger charge is -2.23. The molecule has 33 heavy (non-hydrogen) atoms. The number of hydrogen-bond acceptors (Lipinski definition) is 5. The zero-order valence-electron chi connectivity index (χ0n) is 17.7. The van der Waals surface area contributed by atoms with Crippen LogP contribution in [0.2, 0.25) is 0 Å². The summed E-state index contributed by atoms with van der Waals surface area (Å²) in [6.07, 6.45) is 0.221. The van der Waals surface area contributed by atoms with E-state index in [1.54, 1.807) is 36.7 Å². The van der Waals surface area contributed by atoms with Gasteiger partial charge in [-0.05, 0) is 61.4 Å². The molecule has 0 radical (unpaired) electrons. The summed E-state index contributed by atoms with van der Waals surface area (Å²) in [6.45, 7) is 3.84. The molecule has 4 aromatic rings. The van der Waals surface area contributed by atoms with E-state index in [9.17, 15) is 18.0 Å².